The zero-order chi connectivity index (χ0) is 16.6. The van der Waals surface area contributed by atoms with Crippen LogP contribution in [0.2, 0.25) is 0 Å². The van der Waals surface area contributed by atoms with Crippen LogP contribution in [-0.2, 0) is 14.4 Å². The van der Waals surface area contributed by atoms with Crippen molar-refractivity contribution in [3.63, 3.8) is 0 Å². The molecule has 6 nitrogen and oxygen atoms in total. The van der Waals surface area contributed by atoms with Crippen LogP contribution in [0.5, 0.6) is 0 Å². The van der Waals surface area contributed by atoms with Crippen LogP contribution in [0.1, 0.15) is 53.8 Å². The number of fused-ring (bicyclic) bond motifs is 1. The molecule has 0 radical (unpaired) electrons. The van der Waals surface area contributed by atoms with Gasteiger partial charge < -0.3 is 9.57 Å². The molecule has 0 N–H and O–H groups in total. The maximum atomic E-state index is 12.5. The smallest absolute Gasteiger partial charge is 0.341 e. The van der Waals surface area contributed by atoms with Gasteiger partial charge in [-0.3, -0.25) is 9.59 Å². The Bertz CT molecular complexity index is 626. The minimum absolute atomic E-state index is 0.247. The molecule has 1 aromatic carbocycles. The van der Waals surface area contributed by atoms with E-state index >= 15 is 0 Å². The van der Waals surface area contributed by atoms with Crippen LogP contribution in [0.4, 0.5) is 0 Å². The van der Waals surface area contributed by atoms with E-state index < -0.39 is 23.2 Å². The molecule has 0 spiro atoms. The molecule has 2 heterocycles. The number of amides is 2. The molecule has 1 saturated heterocycles. The maximum Gasteiger partial charge on any atom is 0.341 e. The second-order valence-electron chi connectivity index (χ2n) is 6.41. The number of rotatable bonds is 3. The Morgan fingerprint density at radius 3 is 2.30 bits per heavy atom. The number of hydroxylamine groups is 2. The second kappa shape index (κ2) is 5.77. The van der Waals surface area contributed by atoms with E-state index in [4.69, 9.17) is 9.57 Å². The highest BCUT2D eigenvalue weighted by molar-refractivity contribution is 6.20. The molecule has 1 unspecified atom stereocenters. The molecule has 3 rings (SSSR count). The van der Waals surface area contributed by atoms with Crippen LogP contribution in [-0.4, -0.2) is 35.6 Å². The fourth-order valence-corrected chi connectivity index (χ4v) is 2.89. The molecule has 1 aromatic rings. The van der Waals surface area contributed by atoms with Gasteiger partial charge >= 0.3 is 5.97 Å². The predicted octanol–water partition coefficient (Wildman–Crippen LogP) is 2.34. The van der Waals surface area contributed by atoms with Gasteiger partial charge in [-0.15, -0.1) is 0 Å². The van der Waals surface area contributed by atoms with Crippen molar-refractivity contribution in [2.75, 3.05) is 6.61 Å². The second-order valence-corrected chi connectivity index (χ2v) is 6.41. The van der Waals surface area contributed by atoms with E-state index in [0.717, 1.165) is 19.3 Å². The highest BCUT2D eigenvalue weighted by atomic mass is 16.7. The number of hydrogen-bond acceptors (Lipinski definition) is 5. The van der Waals surface area contributed by atoms with Crippen LogP contribution >= 0.6 is 0 Å². The van der Waals surface area contributed by atoms with Crippen molar-refractivity contribution < 1.29 is 24.0 Å². The zero-order valence-electron chi connectivity index (χ0n) is 13.2. The Kier molecular flexibility index (Phi) is 3.93. The summed E-state index contributed by atoms with van der Waals surface area (Å²) in [5.74, 6) is -1.86. The van der Waals surface area contributed by atoms with Gasteiger partial charge in [0.2, 0.25) is 0 Å². The predicted molar refractivity (Wildman–Crippen MR) is 80.4 cm³/mol. The Balaban J connectivity index is 1.76. The van der Waals surface area contributed by atoms with Crippen LogP contribution < -0.4 is 0 Å². The first-order valence-corrected chi connectivity index (χ1v) is 7.74. The molecule has 2 aliphatic heterocycles. The minimum Gasteiger partial charge on any atom is -0.377 e. The first-order chi connectivity index (χ1) is 10.9. The SMILES string of the molecule is CC(C)(C(=O)ON1C(=O)c2ccccc2C1=O)C1CCCCO1. The maximum absolute atomic E-state index is 12.5. The van der Waals surface area contributed by atoms with E-state index in [1.807, 2.05) is 0 Å². The fourth-order valence-electron chi connectivity index (χ4n) is 2.89. The van der Waals surface area contributed by atoms with E-state index in [1.165, 1.54) is 0 Å². The third-order valence-electron chi connectivity index (χ3n) is 4.44. The van der Waals surface area contributed by atoms with Gasteiger partial charge in [-0.25, -0.2) is 4.79 Å². The van der Waals surface area contributed by atoms with Gasteiger partial charge in [0.25, 0.3) is 11.8 Å². The number of nitrogens with zero attached hydrogens (tertiary/aromatic N) is 1. The highest BCUT2D eigenvalue weighted by Gasteiger charge is 2.45. The van der Waals surface area contributed by atoms with Gasteiger partial charge in [0.1, 0.15) is 0 Å². The molecule has 122 valence electrons. The van der Waals surface area contributed by atoms with E-state index in [0.29, 0.717) is 11.7 Å². The Labute approximate surface area is 134 Å². The Morgan fingerprint density at radius 1 is 1.17 bits per heavy atom. The summed E-state index contributed by atoms with van der Waals surface area (Å²) in [7, 11) is 0. The third kappa shape index (κ3) is 2.63. The van der Waals surface area contributed by atoms with Gasteiger partial charge in [-0.05, 0) is 45.2 Å². The van der Waals surface area contributed by atoms with Gasteiger partial charge in [0.15, 0.2) is 0 Å². The van der Waals surface area contributed by atoms with Crippen molar-refractivity contribution in [1.29, 1.82) is 0 Å². The number of benzene rings is 1. The summed E-state index contributed by atoms with van der Waals surface area (Å²) in [6.07, 6.45) is 2.43. The van der Waals surface area contributed by atoms with Gasteiger partial charge in [-0.1, -0.05) is 17.2 Å². The fraction of sp³-hybridized carbons (Fsp3) is 0.471. The van der Waals surface area contributed by atoms with Gasteiger partial charge in [0, 0.05) is 6.61 Å². The molecule has 0 aromatic heterocycles. The van der Waals surface area contributed by atoms with Crippen molar-refractivity contribution in [3.05, 3.63) is 35.4 Å². The molecular weight excluding hydrogens is 298 g/mol. The van der Waals surface area contributed by atoms with Crippen molar-refractivity contribution >= 4 is 17.8 Å². The minimum atomic E-state index is -0.935. The van der Waals surface area contributed by atoms with Crippen molar-refractivity contribution in [2.24, 2.45) is 5.41 Å². The summed E-state index contributed by atoms with van der Waals surface area (Å²) in [4.78, 5) is 42.2. The molecule has 1 fully saturated rings. The average molecular weight is 317 g/mol. The number of imide groups is 1. The number of carbonyl (C=O) groups excluding carboxylic acids is 3. The molecule has 0 bridgehead atoms. The Hall–Kier alpha value is -2.21. The van der Waals surface area contributed by atoms with Gasteiger partial charge in [-0.2, -0.15) is 0 Å². The van der Waals surface area contributed by atoms with Crippen LogP contribution in [0, 0.1) is 5.41 Å². The summed E-state index contributed by atoms with van der Waals surface area (Å²) < 4.78 is 5.65. The lowest BCUT2D eigenvalue weighted by molar-refractivity contribution is -0.189. The lowest BCUT2D eigenvalue weighted by atomic mass is 9.83. The Morgan fingerprint density at radius 2 is 1.78 bits per heavy atom. The summed E-state index contributed by atoms with van der Waals surface area (Å²) in [5, 5.41) is 0.553. The van der Waals surface area contributed by atoms with Crippen molar-refractivity contribution in [1.82, 2.24) is 5.06 Å². The quantitative estimate of drug-likeness (QED) is 0.800. The van der Waals surface area contributed by atoms with Crippen LogP contribution in [0.3, 0.4) is 0 Å². The third-order valence-corrected chi connectivity index (χ3v) is 4.44. The first-order valence-electron chi connectivity index (χ1n) is 7.74. The number of carbonyl (C=O) groups is 3. The van der Waals surface area contributed by atoms with Crippen LogP contribution in [0.15, 0.2) is 24.3 Å². The van der Waals surface area contributed by atoms with Gasteiger partial charge in [0.05, 0.1) is 22.6 Å². The average Bonchev–Trinajstić information content (AvgIpc) is 2.81. The lowest BCUT2D eigenvalue weighted by Crippen LogP contribution is -2.45. The van der Waals surface area contributed by atoms with Crippen LogP contribution in [0.25, 0.3) is 0 Å². The largest absolute Gasteiger partial charge is 0.377 e. The summed E-state index contributed by atoms with van der Waals surface area (Å²) in [5.41, 5.74) is -0.440. The van der Waals surface area contributed by atoms with E-state index in [1.54, 1.807) is 38.1 Å². The first kappa shape index (κ1) is 15.7. The summed E-state index contributed by atoms with van der Waals surface area (Å²) in [6, 6.07) is 6.40. The summed E-state index contributed by atoms with van der Waals surface area (Å²) in [6.45, 7) is 4.03. The topological polar surface area (TPSA) is 72.9 Å². The van der Waals surface area contributed by atoms with Crippen molar-refractivity contribution in [2.45, 2.75) is 39.2 Å². The number of hydrogen-bond donors (Lipinski definition) is 0. The van der Waals surface area contributed by atoms with E-state index in [-0.39, 0.29) is 17.2 Å². The monoisotopic (exact) mass is 317 g/mol. The molecule has 0 saturated carbocycles. The van der Waals surface area contributed by atoms with Crippen molar-refractivity contribution in [3.8, 4) is 0 Å². The number of ether oxygens (including phenoxy) is 1. The highest BCUT2D eigenvalue weighted by Crippen LogP contribution is 2.33. The van der Waals surface area contributed by atoms with E-state index in [2.05, 4.69) is 0 Å². The molecular formula is C17H19NO5. The molecule has 23 heavy (non-hydrogen) atoms. The molecule has 6 heteroatoms. The normalized spacial score (nSPS) is 21.3. The zero-order valence-corrected chi connectivity index (χ0v) is 13.2. The molecule has 0 aliphatic carbocycles. The van der Waals surface area contributed by atoms with E-state index in [9.17, 15) is 14.4 Å². The molecule has 2 amide bonds. The molecule has 1 atom stereocenters. The molecule has 2 aliphatic rings. The lowest BCUT2D eigenvalue weighted by Gasteiger charge is -2.34. The summed E-state index contributed by atoms with van der Waals surface area (Å²) >= 11 is 0. The standard InChI is InChI=1S/C17H19NO5/c1-17(2,13-9-5-6-10-22-13)16(21)23-18-14(19)11-7-3-4-8-12(11)15(18)20/h3-4,7-8,13H,5-6,9-10H2,1-2H3.